The summed E-state index contributed by atoms with van der Waals surface area (Å²) in [5.74, 6) is 3.18. The van der Waals surface area contributed by atoms with E-state index < -0.39 is 0 Å². The first-order valence-electron chi connectivity index (χ1n) is 8.75. The van der Waals surface area contributed by atoms with Crippen LogP contribution in [0, 0.1) is 12.8 Å². The van der Waals surface area contributed by atoms with Gasteiger partial charge in [0.25, 0.3) is 5.89 Å². The summed E-state index contributed by atoms with van der Waals surface area (Å²) in [7, 11) is 0. The quantitative estimate of drug-likeness (QED) is 0.892. The second-order valence-electron chi connectivity index (χ2n) is 6.55. The molecule has 2 aromatic rings. The van der Waals surface area contributed by atoms with Crippen molar-refractivity contribution in [1.82, 2.24) is 15.5 Å². The number of aryl methyl sites for hydroxylation is 1. The van der Waals surface area contributed by atoms with Crippen LogP contribution >= 0.6 is 0 Å². The third-order valence-electron chi connectivity index (χ3n) is 4.75. The molecule has 1 aromatic heterocycles. The molecule has 0 saturated carbocycles. The Hall–Kier alpha value is -2.12. The van der Waals surface area contributed by atoms with E-state index in [1.807, 2.05) is 13.0 Å². The van der Waals surface area contributed by atoms with Crippen molar-refractivity contribution in [3.05, 3.63) is 35.5 Å². The molecule has 7 nitrogen and oxygen atoms in total. The zero-order chi connectivity index (χ0) is 17.2. The van der Waals surface area contributed by atoms with E-state index in [0.29, 0.717) is 30.8 Å². The van der Waals surface area contributed by atoms with Crippen LogP contribution in [0.2, 0.25) is 0 Å². The highest BCUT2D eigenvalue weighted by Gasteiger charge is 2.34. The monoisotopic (exact) mass is 345 g/mol. The van der Waals surface area contributed by atoms with Gasteiger partial charge in [-0.1, -0.05) is 11.2 Å². The predicted octanol–water partition coefficient (Wildman–Crippen LogP) is 2.58. The van der Waals surface area contributed by atoms with Crippen molar-refractivity contribution in [2.45, 2.75) is 32.4 Å². The summed E-state index contributed by atoms with van der Waals surface area (Å²) in [6.45, 7) is 6.71. The first-order chi connectivity index (χ1) is 12.2. The topological polar surface area (TPSA) is 78.6 Å². The summed E-state index contributed by atoms with van der Waals surface area (Å²) < 4.78 is 22.3. The predicted molar refractivity (Wildman–Crippen MR) is 89.7 cm³/mol. The van der Waals surface area contributed by atoms with E-state index in [-0.39, 0.29) is 12.1 Å². The van der Waals surface area contributed by atoms with Crippen LogP contribution in [0.25, 0.3) is 0 Å². The molecule has 7 heteroatoms. The maximum Gasteiger partial charge on any atom is 0.256 e. The summed E-state index contributed by atoms with van der Waals surface area (Å²) in [5, 5.41) is 7.46. The van der Waals surface area contributed by atoms with Gasteiger partial charge in [0.05, 0.1) is 0 Å². The Labute approximate surface area is 146 Å². The van der Waals surface area contributed by atoms with E-state index in [9.17, 15) is 0 Å². The average Bonchev–Trinajstić information content (AvgIpc) is 3.27. The number of benzene rings is 1. The number of nitrogens with one attached hydrogen (secondary N) is 1. The van der Waals surface area contributed by atoms with Crippen molar-refractivity contribution < 1.29 is 18.7 Å². The van der Waals surface area contributed by atoms with Crippen LogP contribution in [0.3, 0.4) is 0 Å². The number of aromatic nitrogens is 2. The Kier molecular flexibility index (Phi) is 4.59. The van der Waals surface area contributed by atoms with Crippen LogP contribution < -0.4 is 14.8 Å². The van der Waals surface area contributed by atoms with E-state index in [1.165, 1.54) is 5.56 Å². The van der Waals surface area contributed by atoms with Gasteiger partial charge in [0.15, 0.2) is 17.3 Å². The maximum atomic E-state index is 5.80. The minimum absolute atomic E-state index is 0.124. The van der Waals surface area contributed by atoms with E-state index in [1.54, 1.807) is 0 Å². The van der Waals surface area contributed by atoms with Gasteiger partial charge < -0.3 is 24.1 Å². The van der Waals surface area contributed by atoms with Crippen molar-refractivity contribution in [2.75, 3.05) is 26.4 Å². The molecule has 2 aliphatic rings. The van der Waals surface area contributed by atoms with E-state index in [0.717, 1.165) is 31.1 Å². The fraction of sp³-hybridized carbons (Fsp3) is 0.556. The fourth-order valence-electron chi connectivity index (χ4n) is 3.32. The first-order valence-corrected chi connectivity index (χ1v) is 8.75. The van der Waals surface area contributed by atoms with Crippen molar-refractivity contribution in [3.8, 4) is 11.5 Å². The van der Waals surface area contributed by atoms with Gasteiger partial charge in [-0.25, -0.2) is 0 Å². The Balaban J connectivity index is 1.39. The van der Waals surface area contributed by atoms with Gasteiger partial charge in [-0.15, -0.1) is 0 Å². The molecule has 3 atom stereocenters. The van der Waals surface area contributed by atoms with Crippen LogP contribution in [-0.2, 0) is 4.74 Å². The van der Waals surface area contributed by atoms with Gasteiger partial charge in [0.2, 0.25) is 0 Å². The van der Waals surface area contributed by atoms with Gasteiger partial charge in [-0.3, -0.25) is 0 Å². The summed E-state index contributed by atoms with van der Waals surface area (Å²) >= 11 is 0. The highest BCUT2D eigenvalue weighted by Crippen LogP contribution is 2.35. The molecule has 3 heterocycles. The molecule has 1 fully saturated rings. The lowest BCUT2D eigenvalue weighted by atomic mass is 10.00. The molecule has 25 heavy (non-hydrogen) atoms. The zero-order valence-electron chi connectivity index (χ0n) is 14.5. The Bertz CT molecular complexity index is 733. The Morgan fingerprint density at radius 1 is 1.20 bits per heavy atom. The summed E-state index contributed by atoms with van der Waals surface area (Å²) in [6, 6.07) is 6.30. The molecule has 4 rings (SSSR count). The lowest BCUT2D eigenvalue weighted by molar-refractivity contribution is 0.0619. The summed E-state index contributed by atoms with van der Waals surface area (Å²) in [5.41, 5.74) is 1.17. The molecule has 0 spiro atoms. The number of hydrogen-bond acceptors (Lipinski definition) is 7. The van der Waals surface area contributed by atoms with Crippen molar-refractivity contribution in [2.24, 2.45) is 5.92 Å². The largest absolute Gasteiger partial charge is 0.486 e. The molecule has 1 saturated heterocycles. The van der Waals surface area contributed by atoms with Gasteiger partial charge in [-0.2, -0.15) is 4.98 Å². The molecule has 0 radical (unpaired) electrons. The van der Waals surface area contributed by atoms with Crippen LogP contribution in [0.15, 0.2) is 22.7 Å². The van der Waals surface area contributed by atoms with Crippen molar-refractivity contribution in [1.29, 1.82) is 0 Å². The normalized spacial score (nSPS) is 23.6. The van der Waals surface area contributed by atoms with Gasteiger partial charge in [-0.05, 0) is 38.0 Å². The van der Waals surface area contributed by atoms with Crippen molar-refractivity contribution >= 4 is 0 Å². The molecular weight excluding hydrogens is 322 g/mol. The molecule has 0 amide bonds. The number of ether oxygens (including phenoxy) is 3. The van der Waals surface area contributed by atoms with Gasteiger partial charge in [0.1, 0.15) is 19.3 Å². The maximum absolute atomic E-state index is 5.80. The Morgan fingerprint density at radius 3 is 2.84 bits per heavy atom. The molecule has 1 N–H and O–H groups in total. The van der Waals surface area contributed by atoms with Crippen LogP contribution in [0.4, 0.5) is 0 Å². The Morgan fingerprint density at radius 2 is 2.04 bits per heavy atom. The number of rotatable bonds is 5. The van der Waals surface area contributed by atoms with Crippen LogP contribution in [0.1, 0.15) is 42.8 Å². The zero-order valence-corrected chi connectivity index (χ0v) is 14.5. The third-order valence-corrected chi connectivity index (χ3v) is 4.75. The highest BCUT2D eigenvalue weighted by molar-refractivity contribution is 5.44. The summed E-state index contributed by atoms with van der Waals surface area (Å²) in [6.07, 6.45) is 0.855. The fourth-order valence-corrected chi connectivity index (χ4v) is 3.32. The number of fused-ring (bicyclic) bond motifs is 1. The molecule has 134 valence electrons. The molecule has 0 bridgehead atoms. The standard InChI is InChI=1S/C18H23N3O4/c1-11(13-3-4-15-16(9-13)23-8-7-22-15)19-10-14-5-6-24-17(14)18-20-12(2)21-25-18/h3-4,9,11,14,17,19H,5-8,10H2,1-2H3/t11?,14-,17-/m0/s1. The van der Waals surface area contributed by atoms with E-state index in [2.05, 4.69) is 34.5 Å². The highest BCUT2D eigenvalue weighted by atomic mass is 16.6. The van der Waals surface area contributed by atoms with Crippen LogP contribution in [0.5, 0.6) is 11.5 Å². The lowest BCUT2D eigenvalue weighted by Gasteiger charge is -2.22. The molecule has 2 aliphatic heterocycles. The van der Waals surface area contributed by atoms with Crippen molar-refractivity contribution in [3.63, 3.8) is 0 Å². The van der Waals surface area contributed by atoms with E-state index >= 15 is 0 Å². The minimum Gasteiger partial charge on any atom is -0.486 e. The smallest absolute Gasteiger partial charge is 0.256 e. The first kappa shape index (κ1) is 16.4. The molecular formula is C18H23N3O4. The average molecular weight is 345 g/mol. The lowest BCUT2D eigenvalue weighted by Crippen LogP contribution is -2.27. The second kappa shape index (κ2) is 7.01. The second-order valence-corrected chi connectivity index (χ2v) is 6.55. The van der Waals surface area contributed by atoms with Gasteiger partial charge in [0, 0.05) is 25.1 Å². The van der Waals surface area contributed by atoms with Gasteiger partial charge >= 0.3 is 0 Å². The summed E-state index contributed by atoms with van der Waals surface area (Å²) in [4.78, 5) is 4.32. The van der Waals surface area contributed by atoms with Crippen LogP contribution in [-0.4, -0.2) is 36.5 Å². The third kappa shape index (κ3) is 3.48. The number of nitrogens with zero attached hydrogens (tertiary/aromatic N) is 2. The SMILES string of the molecule is Cc1noc([C@H]2OCC[C@H]2CNC(C)c2ccc3c(c2)OCCO3)n1. The molecule has 0 aliphatic carbocycles. The molecule has 1 unspecified atom stereocenters. The van der Waals surface area contributed by atoms with E-state index in [4.69, 9.17) is 18.7 Å². The number of hydrogen-bond donors (Lipinski definition) is 1. The minimum atomic E-state index is -0.124. The molecule has 1 aromatic carbocycles.